The first-order chi connectivity index (χ1) is 11.5. The summed E-state index contributed by atoms with van der Waals surface area (Å²) < 4.78 is 0. The van der Waals surface area contributed by atoms with E-state index in [1.807, 2.05) is 48.0 Å². The molecular formula is C17H21N3O3S. The molecule has 1 aromatic carbocycles. The Labute approximate surface area is 145 Å². The standard InChI is InChI=1S/C17H21N3O3S/c1-20(2)14-5-3-13(4-6-14)19-17(23)16(22)18-9-7-15(21)12-8-10-24-11-12/h3-6,8,10-11,15,21H,7,9H2,1-2H3,(H,18,22)(H,19,23)/t15-/m1/s1. The first kappa shape index (κ1) is 18.0. The summed E-state index contributed by atoms with van der Waals surface area (Å²) in [5, 5.41) is 18.7. The van der Waals surface area contributed by atoms with Crippen LogP contribution in [0.3, 0.4) is 0 Å². The fraction of sp³-hybridized carbons (Fsp3) is 0.294. The Hall–Kier alpha value is -2.38. The van der Waals surface area contributed by atoms with Gasteiger partial charge in [0, 0.05) is 32.0 Å². The Balaban J connectivity index is 1.76. The monoisotopic (exact) mass is 347 g/mol. The van der Waals surface area contributed by atoms with Gasteiger partial charge in [0.05, 0.1) is 6.10 Å². The summed E-state index contributed by atoms with van der Waals surface area (Å²) in [6.07, 6.45) is -0.286. The van der Waals surface area contributed by atoms with Gasteiger partial charge in [-0.05, 0) is 53.1 Å². The first-order valence-corrected chi connectivity index (χ1v) is 8.48. The lowest BCUT2D eigenvalue weighted by atomic mass is 10.1. The van der Waals surface area contributed by atoms with Crippen molar-refractivity contribution in [2.45, 2.75) is 12.5 Å². The maximum atomic E-state index is 11.8. The molecule has 24 heavy (non-hydrogen) atoms. The molecule has 2 amide bonds. The number of hydrogen-bond donors (Lipinski definition) is 3. The predicted molar refractivity (Wildman–Crippen MR) is 96.3 cm³/mol. The van der Waals surface area contributed by atoms with Crippen molar-refractivity contribution in [2.24, 2.45) is 0 Å². The highest BCUT2D eigenvalue weighted by Crippen LogP contribution is 2.18. The van der Waals surface area contributed by atoms with Crippen LogP contribution in [0.4, 0.5) is 11.4 Å². The third-order valence-electron chi connectivity index (χ3n) is 3.48. The second kappa shape index (κ2) is 8.47. The number of hydrogen-bond acceptors (Lipinski definition) is 5. The molecule has 2 rings (SSSR count). The molecular weight excluding hydrogens is 326 g/mol. The topological polar surface area (TPSA) is 81.7 Å². The molecule has 1 heterocycles. The highest BCUT2D eigenvalue weighted by Gasteiger charge is 2.14. The quantitative estimate of drug-likeness (QED) is 0.698. The average Bonchev–Trinajstić information content (AvgIpc) is 3.09. The number of aliphatic hydroxyl groups is 1. The van der Waals surface area contributed by atoms with E-state index in [1.165, 1.54) is 11.3 Å². The molecule has 128 valence electrons. The van der Waals surface area contributed by atoms with Crippen LogP contribution in [-0.2, 0) is 9.59 Å². The van der Waals surface area contributed by atoms with Crippen molar-refractivity contribution in [3.63, 3.8) is 0 Å². The Morgan fingerprint density at radius 3 is 2.46 bits per heavy atom. The molecule has 7 heteroatoms. The second-order valence-electron chi connectivity index (χ2n) is 5.51. The van der Waals surface area contributed by atoms with Gasteiger partial charge in [-0.2, -0.15) is 11.3 Å². The zero-order chi connectivity index (χ0) is 17.5. The van der Waals surface area contributed by atoms with Gasteiger partial charge >= 0.3 is 11.8 Å². The van der Waals surface area contributed by atoms with Crippen LogP contribution in [0.25, 0.3) is 0 Å². The van der Waals surface area contributed by atoms with Crippen molar-refractivity contribution < 1.29 is 14.7 Å². The van der Waals surface area contributed by atoms with Gasteiger partial charge in [-0.3, -0.25) is 9.59 Å². The number of carbonyl (C=O) groups excluding carboxylic acids is 2. The van der Waals surface area contributed by atoms with Crippen molar-refractivity contribution in [3.05, 3.63) is 46.7 Å². The lowest BCUT2D eigenvalue weighted by Gasteiger charge is -2.13. The molecule has 6 nitrogen and oxygen atoms in total. The minimum absolute atomic E-state index is 0.225. The third-order valence-corrected chi connectivity index (χ3v) is 4.18. The largest absolute Gasteiger partial charge is 0.388 e. The Morgan fingerprint density at radius 2 is 1.88 bits per heavy atom. The van der Waals surface area contributed by atoms with Gasteiger partial charge < -0.3 is 20.6 Å². The van der Waals surface area contributed by atoms with Crippen molar-refractivity contribution in [2.75, 3.05) is 30.9 Å². The number of nitrogens with zero attached hydrogens (tertiary/aromatic N) is 1. The highest BCUT2D eigenvalue weighted by molar-refractivity contribution is 7.07. The summed E-state index contributed by atoms with van der Waals surface area (Å²) in [6, 6.07) is 9.01. The molecule has 3 N–H and O–H groups in total. The Morgan fingerprint density at radius 1 is 1.17 bits per heavy atom. The van der Waals surface area contributed by atoms with E-state index in [0.29, 0.717) is 12.1 Å². The number of thiophene rings is 1. The van der Waals surface area contributed by atoms with Crippen LogP contribution in [0.5, 0.6) is 0 Å². The molecule has 0 aliphatic rings. The number of anilines is 2. The lowest BCUT2D eigenvalue weighted by Crippen LogP contribution is -2.36. The molecule has 1 aromatic heterocycles. The summed E-state index contributed by atoms with van der Waals surface area (Å²) in [5.74, 6) is -1.44. The molecule has 0 aliphatic carbocycles. The SMILES string of the molecule is CN(C)c1ccc(NC(=O)C(=O)NCC[C@@H](O)c2ccsc2)cc1. The van der Waals surface area contributed by atoms with Gasteiger partial charge in [0.2, 0.25) is 0 Å². The summed E-state index contributed by atoms with van der Waals surface area (Å²) in [4.78, 5) is 25.6. The van der Waals surface area contributed by atoms with Gasteiger partial charge in [-0.25, -0.2) is 0 Å². The van der Waals surface area contributed by atoms with Gasteiger partial charge in [0.25, 0.3) is 0 Å². The van der Waals surface area contributed by atoms with E-state index < -0.39 is 17.9 Å². The van der Waals surface area contributed by atoms with Crippen LogP contribution in [0.1, 0.15) is 18.1 Å². The molecule has 0 fully saturated rings. The number of amides is 2. The second-order valence-corrected chi connectivity index (χ2v) is 6.29. The van der Waals surface area contributed by atoms with Gasteiger partial charge in [0.15, 0.2) is 0 Å². The fourth-order valence-electron chi connectivity index (χ4n) is 2.06. The molecule has 0 aliphatic heterocycles. The predicted octanol–water partition coefficient (Wildman–Crippen LogP) is 1.99. The summed E-state index contributed by atoms with van der Waals surface area (Å²) >= 11 is 1.50. The number of nitrogens with one attached hydrogen (secondary N) is 2. The molecule has 0 radical (unpaired) electrons. The third kappa shape index (κ3) is 5.07. The Kier molecular flexibility index (Phi) is 6.34. The number of aliphatic hydroxyl groups excluding tert-OH is 1. The van der Waals surface area contributed by atoms with Crippen LogP contribution in [-0.4, -0.2) is 37.6 Å². The van der Waals surface area contributed by atoms with Gasteiger partial charge in [0.1, 0.15) is 0 Å². The van der Waals surface area contributed by atoms with Crippen LogP contribution < -0.4 is 15.5 Å². The molecule has 0 saturated carbocycles. The van der Waals surface area contributed by atoms with E-state index in [-0.39, 0.29) is 6.54 Å². The Bertz CT molecular complexity index is 669. The van der Waals surface area contributed by atoms with Crippen molar-refractivity contribution in [1.29, 1.82) is 0 Å². The summed E-state index contributed by atoms with van der Waals surface area (Å²) in [7, 11) is 3.84. The van der Waals surface area contributed by atoms with E-state index in [2.05, 4.69) is 10.6 Å². The van der Waals surface area contributed by atoms with E-state index in [4.69, 9.17) is 0 Å². The van der Waals surface area contributed by atoms with Crippen molar-refractivity contribution in [1.82, 2.24) is 5.32 Å². The van der Waals surface area contributed by atoms with E-state index in [9.17, 15) is 14.7 Å². The van der Waals surface area contributed by atoms with Crippen LogP contribution in [0, 0.1) is 0 Å². The number of carbonyl (C=O) groups is 2. The summed E-state index contributed by atoms with van der Waals surface area (Å²) in [6.45, 7) is 0.225. The van der Waals surface area contributed by atoms with E-state index >= 15 is 0 Å². The molecule has 0 unspecified atom stereocenters. The van der Waals surface area contributed by atoms with E-state index in [1.54, 1.807) is 12.1 Å². The normalized spacial score (nSPS) is 11.6. The van der Waals surface area contributed by atoms with Gasteiger partial charge in [-0.1, -0.05) is 0 Å². The fourth-order valence-corrected chi connectivity index (χ4v) is 2.77. The van der Waals surface area contributed by atoms with Crippen molar-refractivity contribution >= 4 is 34.5 Å². The molecule has 2 aromatic rings. The number of benzene rings is 1. The maximum Gasteiger partial charge on any atom is 0.313 e. The smallest absolute Gasteiger partial charge is 0.313 e. The highest BCUT2D eigenvalue weighted by atomic mass is 32.1. The molecule has 1 atom stereocenters. The molecule has 0 saturated heterocycles. The number of rotatable bonds is 6. The lowest BCUT2D eigenvalue weighted by molar-refractivity contribution is -0.136. The maximum absolute atomic E-state index is 11.8. The van der Waals surface area contributed by atoms with Crippen LogP contribution >= 0.6 is 11.3 Å². The van der Waals surface area contributed by atoms with Crippen LogP contribution in [0.15, 0.2) is 41.1 Å². The minimum Gasteiger partial charge on any atom is -0.388 e. The zero-order valence-corrected chi connectivity index (χ0v) is 14.5. The summed E-state index contributed by atoms with van der Waals surface area (Å²) in [5.41, 5.74) is 2.37. The first-order valence-electron chi connectivity index (χ1n) is 7.54. The molecule has 0 spiro atoms. The van der Waals surface area contributed by atoms with Gasteiger partial charge in [-0.15, -0.1) is 0 Å². The van der Waals surface area contributed by atoms with E-state index in [0.717, 1.165) is 11.3 Å². The minimum atomic E-state index is -0.724. The van der Waals surface area contributed by atoms with Crippen molar-refractivity contribution in [3.8, 4) is 0 Å². The molecule has 0 bridgehead atoms. The average molecular weight is 347 g/mol. The van der Waals surface area contributed by atoms with Crippen LogP contribution in [0.2, 0.25) is 0 Å². The zero-order valence-electron chi connectivity index (χ0n) is 13.7.